The van der Waals surface area contributed by atoms with Crippen LogP contribution in [0.2, 0.25) is 0 Å². The Morgan fingerprint density at radius 1 is 1.50 bits per heavy atom. The van der Waals surface area contributed by atoms with Gasteiger partial charge in [-0.3, -0.25) is 5.32 Å². The highest BCUT2D eigenvalue weighted by Crippen LogP contribution is 2.30. The Kier molecular flexibility index (Phi) is 3.23. The van der Waals surface area contributed by atoms with Crippen molar-refractivity contribution >= 4 is 5.97 Å². The molecule has 2 rings (SSSR count). The number of hydrogen-bond donors (Lipinski definition) is 2. The van der Waals surface area contributed by atoms with E-state index in [-0.39, 0.29) is 0 Å². The molecule has 0 saturated heterocycles. The number of rotatable bonds is 2. The van der Waals surface area contributed by atoms with E-state index in [4.69, 9.17) is 5.11 Å². The van der Waals surface area contributed by atoms with Gasteiger partial charge in [-0.25, -0.2) is 4.79 Å². The molecule has 0 amide bonds. The molecule has 3 nitrogen and oxygen atoms in total. The van der Waals surface area contributed by atoms with E-state index < -0.39 is 5.97 Å². The number of carbonyl (C=O) groups is 1. The Labute approximate surface area is 94.5 Å². The van der Waals surface area contributed by atoms with E-state index >= 15 is 0 Å². The van der Waals surface area contributed by atoms with Crippen molar-refractivity contribution in [3.8, 4) is 11.8 Å². The average molecular weight is 215 g/mol. The molecule has 1 aromatic rings. The van der Waals surface area contributed by atoms with Crippen LogP contribution in [0.3, 0.4) is 0 Å². The summed E-state index contributed by atoms with van der Waals surface area (Å²) in [6, 6.07) is 8.65. The van der Waals surface area contributed by atoms with Gasteiger partial charge >= 0.3 is 5.97 Å². The molecule has 0 unspecified atom stereocenters. The predicted molar refractivity (Wildman–Crippen MR) is 60.9 cm³/mol. The van der Waals surface area contributed by atoms with Gasteiger partial charge in [0.25, 0.3) is 0 Å². The fourth-order valence-corrected chi connectivity index (χ4v) is 2.06. The minimum absolute atomic E-state index is 0.319. The van der Waals surface area contributed by atoms with Gasteiger partial charge in [-0.2, -0.15) is 0 Å². The van der Waals surface area contributed by atoms with Gasteiger partial charge in [-0.1, -0.05) is 30.2 Å². The fourth-order valence-electron chi connectivity index (χ4n) is 2.06. The van der Waals surface area contributed by atoms with Crippen LogP contribution in [0.4, 0.5) is 0 Å². The third-order valence-electron chi connectivity index (χ3n) is 2.77. The molecular weight excluding hydrogens is 202 g/mol. The summed E-state index contributed by atoms with van der Waals surface area (Å²) >= 11 is 0. The third-order valence-corrected chi connectivity index (χ3v) is 2.77. The van der Waals surface area contributed by atoms with Gasteiger partial charge in [0.15, 0.2) is 0 Å². The second-order valence-corrected chi connectivity index (χ2v) is 3.78. The van der Waals surface area contributed by atoms with Crippen LogP contribution < -0.4 is 5.32 Å². The Morgan fingerprint density at radius 3 is 3.12 bits per heavy atom. The van der Waals surface area contributed by atoms with Crippen molar-refractivity contribution in [2.45, 2.75) is 18.9 Å². The standard InChI is InChI=1S/C13H13NO2/c15-13(16)6-3-9-14-12-8-7-10-4-1-2-5-11(10)12/h1-2,4-5,12,14H,7-9H2,(H,15,16)/t12-/m1/s1. The van der Waals surface area contributed by atoms with Crippen LogP contribution in [0.15, 0.2) is 24.3 Å². The van der Waals surface area contributed by atoms with Crippen molar-refractivity contribution in [3.05, 3.63) is 35.4 Å². The van der Waals surface area contributed by atoms with E-state index in [1.807, 2.05) is 12.1 Å². The van der Waals surface area contributed by atoms with Gasteiger partial charge in [0.1, 0.15) is 0 Å². The smallest absolute Gasteiger partial charge is 0.381 e. The lowest BCUT2D eigenvalue weighted by atomic mass is 10.1. The minimum Gasteiger partial charge on any atom is -0.472 e. The van der Waals surface area contributed by atoms with Crippen LogP contribution in [0.25, 0.3) is 0 Å². The van der Waals surface area contributed by atoms with Gasteiger partial charge in [0.05, 0.1) is 6.54 Å². The van der Waals surface area contributed by atoms with E-state index in [0.29, 0.717) is 12.6 Å². The zero-order valence-corrected chi connectivity index (χ0v) is 8.86. The first-order chi connectivity index (χ1) is 7.77. The lowest BCUT2D eigenvalue weighted by molar-refractivity contribution is -0.130. The molecule has 16 heavy (non-hydrogen) atoms. The second kappa shape index (κ2) is 4.82. The van der Waals surface area contributed by atoms with Crippen molar-refractivity contribution in [1.29, 1.82) is 0 Å². The molecule has 0 saturated carbocycles. The second-order valence-electron chi connectivity index (χ2n) is 3.78. The summed E-state index contributed by atoms with van der Waals surface area (Å²) in [5.41, 5.74) is 2.70. The number of hydrogen-bond acceptors (Lipinski definition) is 2. The van der Waals surface area contributed by atoms with Crippen molar-refractivity contribution < 1.29 is 9.90 Å². The summed E-state index contributed by atoms with van der Waals surface area (Å²) in [6.07, 6.45) is 2.15. The third kappa shape index (κ3) is 2.41. The van der Waals surface area contributed by atoms with Crippen molar-refractivity contribution in [2.75, 3.05) is 6.54 Å². The number of benzene rings is 1. The lowest BCUT2D eigenvalue weighted by Crippen LogP contribution is -2.19. The van der Waals surface area contributed by atoms with E-state index in [1.54, 1.807) is 0 Å². The molecule has 0 aliphatic heterocycles. The van der Waals surface area contributed by atoms with Crippen molar-refractivity contribution in [2.24, 2.45) is 0 Å². The Balaban J connectivity index is 1.94. The number of carboxylic acid groups (broad SMARTS) is 1. The number of nitrogens with one attached hydrogen (secondary N) is 1. The molecule has 0 fully saturated rings. The lowest BCUT2D eigenvalue weighted by Gasteiger charge is -2.11. The van der Waals surface area contributed by atoms with Crippen LogP contribution in [0.1, 0.15) is 23.6 Å². The molecule has 0 heterocycles. The SMILES string of the molecule is O=C(O)C#CCN[C@@H]1CCc2ccccc21. The number of aryl methyl sites for hydroxylation is 1. The highest BCUT2D eigenvalue weighted by atomic mass is 16.4. The van der Waals surface area contributed by atoms with E-state index in [9.17, 15) is 4.79 Å². The largest absolute Gasteiger partial charge is 0.472 e. The van der Waals surface area contributed by atoms with E-state index in [0.717, 1.165) is 12.8 Å². The molecule has 0 aromatic heterocycles. The Bertz CT molecular complexity index is 456. The first-order valence-electron chi connectivity index (χ1n) is 5.30. The molecule has 1 aliphatic rings. The number of carboxylic acids is 1. The molecule has 2 N–H and O–H groups in total. The van der Waals surface area contributed by atoms with Crippen LogP contribution in [-0.4, -0.2) is 17.6 Å². The first-order valence-corrected chi connectivity index (χ1v) is 5.30. The summed E-state index contributed by atoms with van der Waals surface area (Å²) in [5, 5.41) is 11.6. The van der Waals surface area contributed by atoms with Crippen molar-refractivity contribution in [1.82, 2.24) is 5.32 Å². The molecule has 1 aliphatic carbocycles. The molecule has 3 heteroatoms. The number of fused-ring (bicyclic) bond motifs is 1. The van der Waals surface area contributed by atoms with Crippen LogP contribution in [0.5, 0.6) is 0 Å². The molecule has 82 valence electrons. The van der Waals surface area contributed by atoms with Crippen molar-refractivity contribution in [3.63, 3.8) is 0 Å². The first kappa shape index (κ1) is 10.7. The zero-order chi connectivity index (χ0) is 11.4. The molecule has 0 spiro atoms. The highest BCUT2D eigenvalue weighted by Gasteiger charge is 2.20. The molecule has 0 bridgehead atoms. The normalized spacial score (nSPS) is 17.4. The maximum atomic E-state index is 10.2. The molecule has 1 aromatic carbocycles. The summed E-state index contributed by atoms with van der Waals surface area (Å²) < 4.78 is 0. The van der Waals surface area contributed by atoms with E-state index in [1.165, 1.54) is 11.1 Å². The summed E-state index contributed by atoms with van der Waals surface area (Å²) in [5.74, 6) is 3.60. The summed E-state index contributed by atoms with van der Waals surface area (Å²) in [7, 11) is 0. The summed E-state index contributed by atoms with van der Waals surface area (Å²) in [4.78, 5) is 10.2. The quantitative estimate of drug-likeness (QED) is 0.732. The van der Waals surface area contributed by atoms with Gasteiger partial charge in [-0.05, 0) is 24.0 Å². The van der Waals surface area contributed by atoms with Gasteiger partial charge in [-0.15, -0.1) is 0 Å². The monoisotopic (exact) mass is 215 g/mol. The fraction of sp³-hybridized carbons (Fsp3) is 0.308. The Morgan fingerprint density at radius 2 is 2.31 bits per heavy atom. The maximum absolute atomic E-state index is 10.2. The topological polar surface area (TPSA) is 49.3 Å². The highest BCUT2D eigenvalue weighted by molar-refractivity contribution is 5.86. The van der Waals surface area contributed by atoms with Crippen LogP contribution >= 0.6 is 0 Å². The zero-order valence-electron chi connectivity index (χ0n) is 8.86. The van der Waals surface area contributed by atoms with Crippen LogP contribution in [0, 0.1) is 11.8 Å². The van der Waals surface area contributed by atoms with Gasteiger partial charge < -0.3 is 5.11 Å². The molecular formula is C13H13NO2. The van der Waals surface area contributed by atoms with E-state index in [2.05, 4.69) is 29.3 Å². The minimum atomic E-state index is -1.08. The molecule has 1 atom stereocenters. The molecule has 0 radical (unpaired) electrons. The average Bonchev–Trinajstić information content (AvgIpc) is 2.68. The predicted octanol–water partition coefficient (Wildman–Crippen LogP) is 1.35. The Hall–Kier alpha value is -1.79. The maximum Gasteiger partial charge on any atom is 0.381 e. The van der Waals surface area contributed by atoms with Gasteiger partial charge in [0, 0.05) is 12.0 Å². The van der Waals surface area contributed by atoms with Gasteiger partial charge in [0.2, 0.25) is 0 Å². The van der Waals surface area contributed by atoms with Crippen LogP contribution in [-0.2, 0) is 11.2 Å². The number of aliphatic carboxylic acids is 1. The summed E-state index contributed by atoms with van der Waals surface area (Å²) in [6.45, 7) is 0.422.